The standard InChI is InChI=1S/C13H23BrN2S/c1-6-13(3,4)16(5)12(9(2)15)10-7-8-11(14)17-10/h7-9,12H,6,15H2,1-5H3. The lowest BCUT2D eigenvalue weighted by molar-refractivity contribution is 0.0866. The minimum atomic E-state index is 0.122. The van der Waals surface area contributed by atoms with Crippen molar-refractivity contribution < 1.29 is 0 Å². The van der Waals surface area contributed by atoms with Crippen molar-refractivity contribution in [2.24, 2.45) is 5.73 Å². The highest BCUT2D eigenvalue weighted by molar-refractivity contribution is 9.11. The highest BCUT2D eigenvalue weighted by atomic mass is 79.9. The predicted octanol–water partition coefficient (Wildman–Crippen LogP) is 4.02. The van der Waals surface area contributed by atoms with Crippen molar-refractivity contribution in [3.8, 4) is 0 Å². The van der Waals surface area contributed by atoms with Gasteiger partial charge in [-0.2, -0.15) is 0 Å². The zero-order chi connectivity index (χ0) is 13.2. The Morgan fingerprint density at radius 1 is 1.47 bits per heavy atom. The van der Waals surface area contributed by atoms with Crippen molar-refractivity contribution in [2.45, 2.75) is 51.7 Å². The van der Waals surface area contributed by atoms with E-state index in [9.17, 15) is 0 Å². The largest absolute Gasteiger partial charge is 0.326 e. The number of nitrogens with zero attached hydrogens (tertiary/aromatic N) is 1. The molecular weight excluding hydrogens is 296 g/mol. The third-order valence-corrected chi connectivity index (χ3v) is 5.32. The highest BCUT2D eigenvalue weighted by Gasteiger charge is 2.31. The molecule has 0 aliphatic rings. The molecule has 2 nitrogen and oxygen atoms in total. The van der Waals surface area contributed by atoms with Crippen LogP contribution < -0.4 is 5.73 Å². The molecule has 0 saturated carbocycles. The van der Waals surface area contributed by atoms with Crippen molar-refractivity contribution >= 4 is 27.3 Å². The zero-order valence-corrected chi connectivity index (χ0v) is 13.7. The SMILES string of the molecule is CCC(C)(C)N(C)C(c1ccc(Br)s1)C(C)N. The van der Waals surface area contributed by atoms with Crippen LogP contribution >= 0.6 is 27.3 Å². The zero-order valence-electron chi connectivity index (χ0n) is 11.3. The van der Waals surface area contributed by atoms with E-state index in [-0.39, 0.29) is 17.6 Å². The minimum Gasteiger partial charge on any atom is -0.326 e. The van der Waals surface area contributed by atoms with E-state index in [4.69, 9.17) is 5.73 Å². The average molecular weight is 319 g/mol. The van der Waals surface area contributed by atoms with E-state index >= 15 is 0 Å². The van der Waals surface area contributed by atoms with Crippen molar-refractivity contribution in [3.05, 3.63) is 20.8 Å². The summed E-state index contributed by atoms with van der Waals surface area (Å²) in [6.07, 6.45) is 1.11. The summed E-state index contributed by atoms with van der Waals surface area (Å²) in [6.45, 7) is 8.84. The van der Waals surface area contributed by atoms with Gasteiger partial charge in [-0.15, -0.1) is 11.3 Å². The summed E-state index contributed by atoms with van der Waals surface area (Å²) in [4.78, 5) is 3.73. The molecule has 0 fully saturated rings. The van der Waals surface area contributed by atoms with Crippen LogP contribution in [-0.4, -0.2) is 23.5 Å². The van der Waals surface area contributed by atoms with Gasteiger partial charge in [0.15, 0.2) is 0 Å². The molecule has 1 rings (SSSR count). The molecule has 98 valence electrons. The van der Waals surface area contributed by atoms with Gasteiger partial charge in [-0.1, -0.05) is 6.92 Å². The van der Waals surface area contributed by atoms with Gasteiger partial charge in [0.2, 0.25) is 0 Å². The maximum Gasteiger partial charge on any atom is 0.0702 e. The summed E-state index contributed by atoms with van der Waals surface area (Å²) in [6, 6.07) is 4.67. The molecule has 2 atom stereocenters. The Morgan fingerprint density at radius 3 is 2.41 bits per heavy atom. The lowest BCUT2D eigenvalue weighted by Crippen LogP contribution is -2.47. The summed E-state index contributed by atoms with van der Waals surface area (Å²) in [5.41, 5.74) is 6.34. The number of halogens is 1. The van der Waals surface area contributed by atoms with E-state index in [1.54, 1.807) is 11.3 Å². The second kappa shape index (κ2) is 5.83. The van der Waals surface area contributed by atoms with E-state index in [1.165, 1.54) is 8.66 Å². The van der Waals surface area contributed by atoms with Gasteiger partial charge < -0.3 is 5.73 Å². The van der Waals surface area contributed by atoms with E-state index in [2.05, 4.69) is 67.7 Å². The summed E-state index contributed by atoms with van der Waals surface area (Å²) >= 11 is 5.30. The van der Waals surface area contributed by atoms with Gasteiger partial charge in [0.1, 0.15) is 0 Å². The number of likely N-dealkylation sites (N-methyl/N-ethyl adjacent to an activating group) is 1. The predicted molar refractivity (Wildman–Crippen MR) is 80.5 cm³/mol. The fourth-order valence-corrected chi connectivity index (χ4v) is 3.60. The maximum absolute atomic E-state index is 6.18. The van der Waals surface area contributed by atoms with Crippen molar-refractivity contribution in [2.75, 3.05) is 7.05 Å². The van der Waals surface area contributed by atoms with Crippen molar-refractivity contribution in [3.63, 3.8) is 0 Å². The van der Waals surface area contributed by atoms with E-state index in [0.29, 0.717) is 0 Å². The van der Waals surface area contributed by atoms with E-state index in [1.807, 2.05) is 0 Å². The van der Waals surface area contributed by atoms with Crippen LogP contribution in [0, 0.1) is 0 Å². The van der Waals surface area contributed by atoms with Gasteiger partial charge in [-0.3, -0.25) is 4.90 Å². The third-order valence-electron chi connectivity index (χ3n) is 3.62. The first-order valence-corrected chi connectivity index (χ1v) is 7.64. The molecular formula is C13H23BrN2S. The van der Waals surface area contributed by atoms with Crippen LogP contribution in [-0.2, 0) is 0 Å². The van der Waals surface area contributed by atoms with Crippen LogP contribution in [0.3, 0.4) is 0 Å². The van der Waals surface area contributed by atoms with E-state index in [0.717, 1.165) is 6.42 Å². The van der Waals surface area contributed by atoms with Crippen LogP contribution in [0.1, 0.15) is 45.0 Å². The smallest absolute Gasteiger partial charge is 0.0702 e. The summed E-state index contributed by atoms with van der Waals surface area (Å²) in [7, 11) is 2.17. The Labute approximate surface area is 117 Å². The second-order valence-corrected chi connectivity index (χ2v) is 7.72. The molecule has 2 unspecified atom stereocenters. The van der Waals surface area contributed by atoms with Crippen LogP contribution in [0.25, 0.3) is 0 Å². The van der Waals surface area contributed by atoms with Crippen LogP contribution in [0.5, 0.6) is 0 Å². The Balaban J connectivity index is 3.02. The molecule has 4 heteroatoms. The van der Waals surface area contributed by atoms with Crippen molar-refractivity contribution in [1.29, 1.82) is 0 Å². The van der Waals surface area contributed by atoms with Gasteiger partial charge in [0, 0.05) is 16.5 Å². The fourth-order valence-electron chi connectivity index (χ4n) is 1.92. The van der Waals surface area contributed by atoms with Gasteiger partial charge in [0.05, 0.1) is 9.83 Å². The Morgan fingerprint density at radius 2 is 2.06 bits per heavy atom. The first-order chi connectivity index (χ1) is 7.79. The average Bonchev–Trinajstić information content (AvgIpc) is 2.64. The Hall–Kier alpha value is 0.1000. The normalized spacial score (nSPS) is 16.2. The Bertz CT molecular complexity index is 360. The lowest BCUT2D eigenvalue weighted by Gasteiger charge is -2.42. The fraction of sp³-hybridized carbons (Fsp3) is 0.692. The number of thiophene rings is 1. The molecule has 0 bridgehead atoms. The van der Waals surface area contributed by atoms with Crippen LogP contribution in [0.2, 0.25) is 0 Å². The summed E-state index contributed by atoms with van der Waals surface area (Å²) < 4.78 is 1.17. The molecule has 0 aromatic carbocycles. The summed E-state index contributed by atoms with van der Waals surface area (Å²) in [5.74, 6) is 0. The lowest BCUT2D eigenvalue weighted by atomic mass is 9.95. The highest BCUT2D eigenvalue weighted by Crippen LogP contribution is 2.35. The molecule has 0 amide bonds. The monoisotopic (exact) mass is 318 g/mol. The van der Waals surface area contributed by atoms with Gasteiger partial charge in [-0.25, -0.2) is 0 Å². The number of nitrogens with two attached hydrogens (primary N) is 1. The molecule has 0 spiro atoms. The van der Waals surface area contributed by atoms with Crippen LogP contribution in [0.15, 0.2) is 15.9 Å². The molecule has 0 aliphatic heterocycles. The summed E-state index contributed by atoms with van der Waals surface area (Å²) in [5, 5.41) is 0. The minimum absolute atomic E-state index is 0.122. The Kier molecular flexibility index (Phi) is 5.20. The molecule has 0 saturated heterocycles. The molecule has 1 heterocycles. The maximum atomic E-state index is 6.18. The number of rotatable bonds is 5. The first-order valence-electron chi connectivity index (χ1n) is 6.03. The molecule has 1 aromatic rings. The topological polar surface area (TPSA) is 29.3 Å². The van der Waals surface area contributed by atoms with Gasteiger partial charge in [-0.05, 0) is 62.3 Å². The van der Waals surface area contributed by atoms with Gasteiger partial charge >= 0.3 is 0 Å². The quantitative estimate of drug-likeness (QED) is 0.888. The molecule has 17 heavy (non-hydrogen) atoms. The molecule has 0 aliphatic carbocycles. The first kappa shape index (κ1) is 15.2. The molecule has 2 N–H and O–H groups in total. The number of hydrogen-bond donors (Lipinski definition) is 1. The third kappa shape index (κ3) is 3.53. The molecule has 0 radical (unpaired) electrons. The van der Waals surface area contributed by atoms with Gasteiger partial charge in [0.25, 0.3) is 0 Å². The number of hydrogen-bond acceptors (Lipinski definition) is 3. The van der Waals surface area contributed by atoms with Crippen molar-refractivity contribution in [1.82, 2.24) is 4.90 Å². The van der Waals surface area contributed by atoms with Crippen LogP contribution in [0.4, 0.5) is 0 Å². The van der Waals surface area contributed by atoms with E-state index < -0.39 is 0 Å². The second-order valence-electron chi connectivity index (χ2n) is 5.22. The molecule has 1 aromatic heterocycles.